The van der Waals surface area contributed by atoms with Crippen LogP contribution in [-0.4, -0.2) is 24.2 Å². The number of rotatable bonds is 1. The molecule has 3 rings (SSSR count). The highest BCUT2D eigenvalue weighted by atomic mass is 15.3. The van der Waals surface area contributed by atoms with Crippen molar-refractivity contribution in [1.29, 1.82) is 0 Å². The Morgan fingerprint density at radius 1 is 0.950 bits per heavy atom. The Kier molecular flexibility index (Phi) is 3.32. The second-order valence-corrected chi connectivity index (χ2v) is 7.70. The molecule has 1 N–H and O–H groups in total. The van der Waals surface area contributed by atoms with E-state index in [-0.39, 0.29) is 5.54 Å². The minimum absolute atomic E-state index is 0.195. The molecule has 1 aromatic rings. The molecule has 2 nitrogen and oxygen atoms in total. The van der Waals surface area contributed by atoms with Gasteiger partial charge in [0.1, 0.15) is 0 Å². The van der Waals surface area contributed by atoms with Crippen LogP contribution in [0.1, 0.15) is 50.7 Å². The van der Waals surface area contributed by atoms with Crippen LogP contribution in [0, 0.1) is 13.8 Å². The van der Waals surface area contributed by atoms with Crippen LogP contribution in [-0.2, 0) is 0 Å². The summed E-state index contributed by atoms with van der Waals surface area (Å²) < 4.78 is 0. The molecule has 1 aliphatic heterocycles. The maximum absolute atomic E-state index is 3.96. The summed E-state index contributed by atoms with van der Waals surface area (Å²) >= 11 is 0. The first kappa shape index (κ1) is 13.9. The molecule has 0 aromatic heterocycles. The highest BCUT2D eigenvalue weighted by Crippen LogP contribution is 2.37. The molecule has 1 heterocycles. The van der Waals surface area contributed by atoms with Crippen molar-refractivity contribution in [1.82, 2.24) is 5.32 Å². The van der Waals surface area contributed by atoms with Gasteiger partial charge in [-0.2, -0.15) is 0 Å². The predicted molar refractivity (Wildman–Crippen MR) is 86.5 cm³/mol. The Bertz CT molecular complexity index is 478. The molecule has 1 spiro atoms. The van der Waals surface area contributed by atoms with Gasteiger partial charge in [-0.15, -0.1) is 0 Å². The van der Waals surface area contributed by atoms with Crippen LogP contribution in [0.4, 0.5) is 5.69 Å². The number of hydrogen-bond donors (Lipinski definition) is 1. The van der Waals surface area contributed by atoms with E-state index in [0.717, 1.165) is 6.54 Å². The Morgan fingerprint density at radius 3 is 2.15 bits per heavy atom. The maximum atomic E-state index is 3.96. The van der Waals surface area contributed by atoms with Crippen LogP contribution in [0.2, 0.25) is 0 Å². The van der Waals surface area contributed by atoms with Gasteiger partial charge in [0.2, 0.25) is 0 Å². The number of benzene rings is 1. The van der Waals surface area contributed by atoms with Gasteiger partial charge in [0.05, 0.1) is 0 Å². The molecule has 0 unspecified atom stereocenters. The molecule has 0 amide bonds. The maximum Gasteiger partial charge on any atom is 0.0372 e. The van der Waals surface area contributed by atoms with Crippen molar-refractivity contribution in [3.05, 3.63) is 29.3 Å². The second kappa shape index (κ2) is 4.77. The summed E-state index contributed by atoms with van der Waals surface area (Å²) in [5.41, 5.74) is 4.69. The number of hydrogen-bond acceptors (Lipinski definition) is 2. The van der Waals surface area contributed by atoms with Crippen LogP contribution >= 0.6 is 0 Å². The van der Waals surface area contributed by atoms with Crippen molar-refractivity contribution in [3.63, 3.8) is 0 Å². The van der Waals surface area contributed by atoms with Crippen molar-refractivity contribution in [2.24, 2.45) is 0 Å². The van der Waals surface area contributed by atoms with Gasteiger partial charge in [-0.3, -0.25) is 0 Å². The summed E-state index contributed by atoms with van der Waals surface area (Å²) in [6.07, 6.45) is 5.42. The molecule has 1 saturated carbocycles. The topological polar surface area (TPSA) is 15.3 Å². The second-order valence-electron chi connectivity index (χ2n) is 7.70. The van der Waals surface area contributed by atoms with Crippen molar-refractivity contribution in [2.75, 3.05) is 18.0 Å². The lowest BCUT2D eigenvalue weighted by molar-refractivity contribution is 0.197. The van der Waals surface area contributed by atoms with Crippen molar-refractivity contribution in [3.8, 4) is 0 Å². The number of nitrogens with zero attached hydrogens (tertiary/aromatic N) is 1. The van der Waals surface area contributed by atoms with E-state index < -0.39 is 0 Å². The number of nitrogens with one attached hydrogen (secondary N) is 1. The fourth-order valence-corrected chi connectivity index (χ4v) is 4.35. The molecule has 0 bridgehead atoms. The summed E-state index contributed by atoms with van der Waals surface area (Å²) in [6.45, 7) is 11.4. The first-order valence-electron chi connectivity index (χ1n) is 8.00. The Morgan fingerprint density at radius 2 is 1.55 bits per heavy atom. The van der Waals surface area contributed by atoms with Gasteiger partial charge in [-0.25, -0.2) is 0 Å². The van der Waals surface area contributed by atoms with Crippen LogP contribution in [0.15, 0.2) is 18.2 Å². The van der Waals surface area contributed by atoms with E-state index in [0.29, 0.717) is 5.54 Å². The van der Waals surface area contributed by atoms with Crippen LogP contribution in [0.25, 0.3) is 0 Å². The molecule has 20 heavy (non-hydrogen) atoms. The smallest absolute Gasteiger partial charge is 0.0372 e. The highest BCUT2D eigenvalue weighted by Gasteiger charge is 2.44. The zero-order valence-electron chi connectivity index (χ0n) is 13.4. The minimum Gasteiger partial charge on any atom is -0.368 e. The normalized spacial score (nSPS) is 24.3. The monoisotopic (exact) mass is 272 g/mol. The van der Waals surface area contributed by atoms with Crippen molar-refractivity contribution < 1.29 is 0 Å². The standard InChI is InChI=1S/C18H28N2/c1-14-9-15(2)11-16(10-14)20-12-17(3,4)19-18(13-20)7-5-6-8-18/h9-11,19H,5-8,12-13H2,1-4H3. The molecule has 1 aromatic carbocycles. The summed E-state index contributed by atoms with van der Waals surface area (Å²) in [7, 11) is 0. The molecule has 2 aliphatic rings. The first-order valence-corrected chi connectivity index (χ1v) is 8.00. The molecule has 2 heteroatoms. The average Bonchev–Trinajstić information content (AvgIpc) is 2.73. The third-order valence-electron chi connectivity index (χ3n) is 4.82. The molecule has 0 radical (unpaired) electrons. The van der Waals surface area contributed by atoms with Crippen LogP contribution in [0.5, 0.6) is 0 Å². The fraction of sp³-hybridized carbons (Fsp3) is 0.667. The predicted octanol–water partition coefficient (Wildman–Crippen LogP) is 3.80. The lowest BCUT2D eigenvalue weighted by Crippen LogP contribution is -2.68. The molecule has 2 fully saturated rings. The molecular formula is C18H28N2. The summed E-state index contributed by atoms with van der Waals surface area (Å²) in [6, 6.07) is 6.95. The van der Waals surface area contributed by atoms with Crippen LogP contribution in [0.3, 0.4) is 0 Å². The van der Waals surface area contributed by atoms with Crippen molar-refractivity contribution >= 4 is 5.69 Å². The summed E-state index contributed by atoms with van der Waals surface area (Å²) in [4.78, 5) is 2.61. The van der Waals surface area contributed by atoms with Gasteiger partial charge in [-0.1, -0.05) is 18.9 Å². The zero-order chi connectivity index (χ0) is 14.4. The third kappa shape index (κ3) is 2.71. The van der Waals surface area contributed by atoms with E-state index in [9.17, 15) is 0 Å². The van der Waals surface area contributed by atoms with E-state index in [4.69, 9.17) is 0 Å². The zero-order valence-corrected chi connectivity index (χ0v) is 13.4. The van der Waals surface area contributed by atoms with Gasteiger partial charge >= 0.3 is 0 Å². The Labute approximate surface area is 123 Å². The number of piperazine rings is 1. The molecule has 110 valence electrons. The van der Waals surface area contributed by atoms with Gasteiger partial charge in [-0.05, 0) is 63.8 Å². The number of aryl methyl sites for hydroxylation is 2. The van der Waals surface area contributed by atoms with Gasteiger partial charge in [0, 0.05) is 29.9 Å². The summed E-state index contributed by atoms with van der Waals surface area (Å²) in [5.74, 6) is 0. The van der Waals surface area contributed by atoms with E-state index in [2.05, 4.69) is 56.1 Å². The van der Waals surface area contributed by atoms with E-state index in [1.165, 1.54) is 49.0 Å². The lowest BCUT2D eigenvalue weighted by atomic mass is 9.86. The van der Waals surface area contributed by atoms with Gasteiger partial charge in [0.15, 0.2) is 0 Å². The minimum atomic E-state index is 0.195. The van der Waals surface area contributed by atoms with E-state index >= 15 is 0 Å². The van der Waals surface area contributed by atoms with Gasteiger partial charge in [0.25, 0.3) is 0 Å². The number of anilines is 1. The Hall–Kier alpha value is -1.02. The van der Waals surface area contributed by atoms with Gasteiger partial charge < -0.3 is 10.2 Å². The largest absolute Gasteiger partial charge is 0.368 e. The SMILES string of the molecule is Cc1cc(C)cc(N2CC(C)(C)NC3(CCCC3)C2)c1. The molecule has 1 aliphatic carbocycles. The highest BCUT2D eigenvalue weighted by molar-refractivity contribution is 5.52. The summed E-state index contributed by atoms with van der Waals surface area (Å²) in [5, 5.41) is 3.96. The van der Waals surface area contributed by atoms with E-state index in [1.54, 1.807) is 0 Å². The molecular weight excluding hydrogens is 244 g/mol. The average molecular weight is 272 g/mol. The van der Waals surface area contributed by atoms with Crippen LogP contribution < -0.4 is 10.2 Å². The van der Waals surface area contributed by atoms with Crippen molar-refractivity contribution in [2.45, 2.75) is 64.5 Å². The quantitative estimate of drug-likeness (QED) is 0.836. The Balaban J connectivity index is 1.92. The fourth-order valence-electron chi connectivity index (χ4n) is 4.35. The molecule has 0 atom stereocenters. The molecule has 1 saturated heterocycles. The third-order valence-corrected chi connectivity index (χ3v) is 4.82. The first-order chi connectivity index (χ1) is 9.38. The lowest BCUT2D eigenvalue weighted by Gasteiger charge is -2.51. The van der Waals surface area contributed by atoms with E-state index in [1.807, 2.05) is 0 Å².